The Balaban J connectivity index is 2.46. The van der Waals surface area contributed by atoms with Crippen LogP contribution in [0.1, 0.15) is 50.5 Å². The summed E-state index contributed by atoms with van der Waals surface area (Å²) in [5.74, 6) is 1.57. The van der Waals surface area contributed by atoms with Gasteiger partial charge in [-0.15, -0.1) is 0 Å². The topological polar surface area (TPSA) is 56.3 Å². The van der Waals surface area contributed by atoms with Crippen LogP contribution in [0.15, 0.2) is 4.47 Å². The lowest BCUT2D eigenvalue weighted by Crippen LogP contribution is -2.35. The molecule has 0 saturated heterocycles. The number of hydrogen-bond donors (Lipinski definition) is 1. The molecule has 1 saturated carbocycles. The molecule has 0 atom stereocenters. The minimum atomic E-state index is -0.345. The molecule has 21 heavy (non-hydrogen) atoms. The van der Waals surface area contributed by atoms with E-state index in [0.29, 0.717) is 13.2 Å². The summed E-state index contributed by atoms with van der Waals surface area (Å²) in [6.07, 6.45) is 5.55. The van der Waals surface area contributed by atoms with Crippen LogP contribution in [0, 0.1) is 0 Å². The molecule has 0 unspecified atom stereocenters. The number of ether oxygens (including phenoxy) is 2. The van der Waals surface area contributed by atoms with Crippen molar-refractivity contribution < 1.29 is 9.47 Å². The van der Waals surface area contributed by atoms with Gasteiger partial charge in [-0.2, -0.15) is 0 Å². The number of rotatable bonds is 6. The third-order valence-corrected chi connectivity index (χ3v) is 4.76. The van der Waals surface area contributed by atoms with Gasteiger partial charge < -0.3 is 14.8 Å². The van der Waals surface area contributed by atoms with Gasteiger partial charge in [0, 0.05) is 20.8 Å². The number of methoxy groups -OCH3 is 1. The molecule has 1 heterocycles. The van der Waals surface area contributed by atoms with Crippen LogP contribution in [0.3, 0.4) is 0 Å². The Morgan fingerprint density at radius 1 is 1.24 bits per heavy atom. The molecule has 118 valence electrons. The average Bonchev–Trinajstić information content (AvgIpc) is 2.50. The lowest BCUT2D eigenvalue weighted by Gasteiger charge is -2.36. The van der Waals surface area contributed by atoms with E-state index in [2.05, 4.69) is 21.2 Å². The summed E-state index contributed by atoms with van der Waals surface area (Å²) in [5.41, 5.74) is 0.512. The Kier molecular flexibility index (Phi) is 5.96. The number of aromatic nitrogens is 2. The van der Waals surface area contributed by atoms with E-state index in [4.69, 9.17) is 19.4 Å². The standard InChI is InChI=1S/C15H24BrN3O2/c1-4-21-15(8-6-5-7-9-15)14-18-11(10-20-3)12(16)13(17-2)19-14/h4-10H2,1-3H3,(H,17,18,19). The van der Waals surface area contributed by atoms with E-state index in [1.165, 1.54) is 6.42 Å². The summed E-state index contributed by atoms with van der Waals surface area (Å²) in [4.78, 5) is 9.44. The molecule has 0 spiro atoms. The van der Waals surface area contributed by atoms with Gasteiger partial charge in [0.1, 0.15) is 11.4 Å². The SMILES string of the molecule is CCOC1(c2nc(COC)c(Br)c(NC)n2)CCCCC1. The number of nitrogens with zero attached hydrogens (tertiary/aromatic N) is 2. The van der Waals surface area contributed by atoms with Crippen molar-refractivity contribution >= 4 is 21.7 Å². The van der Waals surface area contributed by atoms with Gasteiger partial charge in [-0.05, 0) is 35.7 Å². The fourth-order valence-electron chi connectivity index (χ4n) is 2.93. The predicted octanol–water partition coefficient (Wildman–Crippen LogP) is 3.62. The quantitative estimate of drug-likeness (QED) is 0.842. The van der Waals surface area contributed by atoms with Gasteiger partial charge in [0.05, 0.1) is 16.8 Å². The smallest absolute Gasteiger partial charge is 0.163 e. The van der Waals surface area contributed by atoms with Crippen LogP contribution in [-0.4, -0.2) is 30.7 Å². The highest BCUT2D eigenvalue weighted by Crippen LogP contribution is 2.40. The van der Waals surface area contributed by atoms with Crippen molar-refractivity contribution in [2.24, 2.45) is 0 Å². The minimum Gasteiger partial charge on any atom is -0.378 e. The molecule has 6 heteroatoms. The van der Waals surface area contributed by atoms with Gasteiger partial charge in [-0.25, -0.2) is 9.97 Å². The Morgan fingerprint density at radius 2 is 1.95 bits per heavy atom. The van der Waals surface area contributed by atoms with Crippen LogP contribution in [0.5, 0.6) is 0 Å². The van der Waals surface area contributed by atoms with Crippen molar-refractivity contribution in [1.82, 2.24) is 9.97 Å². The van der Waals surface area contributed by atoms with Crippen molar-refractivity contribution in [3.63, 3.8) is 0 Å². The molecule has 0 bridgehead atoms. The maximum Gasteiger partial charge on any atom is 0.163 e. The van der Waals surface area contributed by atoms with Crippen LogP contribution in [0.25, 0.3) is 0 Å². The molecule has 0 amide bonds. The summed E-state index contributed by atoms with van der Waals surface area (Å²) >= 11 is 3.55. The van der Waals surface area contributed by atoms with Crippen molar-refractivity contribution in [1.29, 1.82) is 0 Å². The van der Waals surface area contributed by atoms with E-state index in [1.807, 2.05) is 14.0 Å². The average molecular weight is 358 g/mol. The number of halogens is 1. The first-order valence-corrected chi connectivity index (χ1v) is 8.33. The number of nitrogens with one attached hydrogen (secondary N) is 1. The van der Waals surface area contributed by atoms with Crippen molar-refractivity contribution in [3.8, 4) is 0 Å². The van der Waals surface area contributed by atoms with Crippen LogP contribution < -0.4 is 5.32 Å². The molecule has 1 aliphatic rings. The second-order valence-corrected chi connectivity index (χ2v) is 6.12. The molecule has 0 aromatic carbocycles. The van der Waals surface area contributed by atoms with Gasteiger partial charge in [-0.1, -0.05) is 19.3 Å². The van der Waals surface area contributed by atoms with Crippen LogP contribution in [0.2, 0.25) is 0 Å². The molecule has 1 aromatic heterocycles. The predicted molar refractivity (Wildman–Crippen MR) is 86.4 cm³/mol. The van der Waals surface area contributed by atoms with Gasteiger partial charge in [-0.3, -0.25) is 0 Å². The van der Waals surface area contributed by atoms with E-state index >= 15 is 0 Å². The van der Waals surface area contributed by atoms with Crippen molar-refractivity contribution in [2.75, 3.05) is 26.1 Å². The molecular weight excluding hydrogens is 334 g/mol. The van der Waals surface area contributed by atoms with Crippen LogP contribution in [0.4, 0.5) is 5.82 Å². The van der Waals surface area contributed by atoms with E-state index in [1.54, 1.807) is 7.11 Å². The summed E-state index contributed by atoms with van der Waals surface area (Å²) < 4.78 is 12.2. The van der Waals surface area contributed by atoms with Crippen molar-refractivity contribution in [3.05, 3.63) is 16.0 Å². The summed E-state index contributed by atoms with van der Waals surface area (Å²) in [7, 11) is 3.54. The lowest BCUT2D eigenvalue weighted by atomic mass is 9.83. The highest BCUT2D eigenvalue weighted by molar-refractivity contribution is 9.10. The zero-order valence-electron chi connectivity index (χ0n) is 13.0. The van der Waals surface area contributed by atoms with Gasteiger partial charge >= 0.3 is 0 Å². The summed E-state index contributed by atoms with van der Waals surface area (Å²) in [5, 5.41) is 3.12. The third kappa shape index (κ3) is 3.55. The lowest BCUT2D eigenvalue weighted by molar-refractivity contribution is -0.0768. The minimum absolute atomic E-state index is 0.345. The monoisotopic (exact) mass is 357 g/mol. The summed E-state index contributed by atoms with van der Waals surface area (Å²) in [6.45, 7) is 3.16. The normalized spacial score (nSPS) is 17.7. The third-order valence-electron chi connectivity index (χ3n) is 3.93. The zero-order chi connectivity index (χ0) is 15.3. The summed E-state index contributed by atoms with van der Waals surface area (Å²) in [6, 6.07) is 0. The Bertz CT molecular complexity index is 471. The molecule has 2 rings (SSSR count). The molecule has 0 aliphatic heterocycles. The highest BCUT2D eigenvalue weighted by atomic mass is 79.9. The fourth-order valence-corrected chi connectivity index (χ4v) is 3.42. The molecule has 1 aliphatic carbocycles. The zero-order valence-corrected chi connectivity index (χ0v) is 14.6. The number of hydrogen-bond acceptors (Lipinski definition) is 5. The van der Waals surface area contributed by atoms with Crippen LogP contribution >= 0.6 is 15.9 Å². The van der Waals surface area contributed by atoms with E-state index in [-0.39, 0.29) is 5.60 Å². The maximum absolute atomic E-state index is 6.12. The molecular formula is C15H24BrN3O2. The Morgan fingerprint density at radius 3 is 2.52 bits per heavy atom. The second kappa shape index (κ2) is 7.51. The first kappa shape index (κ1) is 16.6. The first-order valence-electron chi connectivity index (χ1n) is 7.54. The second-order valence-electron chi connectivity index (χ2n) is 5.33. The fraction of sp³-hybridized carbons (Fsp3) is 0.733. The highest BCUT2D eigenvalue weighted by Gasteiger charge is 2.38. The molecule has 0 radical (unpaired) electrons. The van der Waals surface area contributed by atoms with Crippen molar-refractivity contribution in [2.45, 2.75) is 51.2 Å². The first-order chi connectivity index (χ1) is 10.2. The maximum atomic E-state index is 6.12. The molecule has 1 fully saturated rings. The Hall–Kier alpha value is -0.720. The Labute approximate surface area is 135 Å². The van der Waals surface area contributed by atoms with Crippen LogP contribution in [-0.2, 0) is 21.7 Å². The molecule has 1 N–H and O–H groups in total. The molecule has 5 nitrogen and oxygen atoms in total. The van der Waals surface area contributed by atoms with E-state index < -0.39 is 0 Å². The van der Waals surface area contributed by atoms with E-state index in [0.717, 1.165) is 47.5 Å². The van der Waals surface area contributed by atoms with Gasteiger partial charge in [0.15, 0.2) is 5.82 Å². The largest absolute Gasteiger partial charge is 0.378 e. The number of anilines is 1. The van der Waals surface area contributed by atoms with Gasteiger partial charge in [0.2, 0.25) is 0 Å². The van der Waals surface area contributed by atoms with E-state index in [9.17, 15) is 0 Å². The molecule has 1 aromatic rings. The van der Waals surface area contributed by atoms with Gasteiger partial charge in [0.25, 0.3) is 0 Å².